The second kappa shape index (κ2) is 6.66. The Hall–Kier alpha value is -0.960. The molecule has 1 aromatic rings. The number of rotatable bonds is 4. The van der Waals surface area contributed by atoms with Gasteiger partial charge in [-0.15, -0.1) is 0 Å². The van der Waals surface area contributed by atoms with Gasteiger partial charge in [-0.3, -0.25) is 0 Å². The summed E-state index contributed by atoms with van der Waals surface area (Å²) in [4.78, 5) is 0. The fourth-order valence-corrected chi connectivity index (χ4v) is 3.79. The summed E-state index contributed by atoms with van der Waals surface area (Å²) in [6, 6.07) is 4.43. The van der Waals surface area contributed by atoms with E-state index in [4.69, 9.17) is 0 Å². The predicted molar refractivity (Wildman–Crippen MR) is 78.4 cm³/mol. The largest absolute Gasteiger partial charge is 0.310 e. The monoisotopic (exact) mass is 281 g/mol. The Morgan fingerprint density at radius 3 is 2.40 bits per heavy atom. The fourth-order valence-electron chi connectivity index (χ4n) is 3.79. The minimum atomic E-state index is -0.748. The van der Waals surface area contributed by atoms with E-state index in [0.29, 0.717) is 23.3 Å². The maximum Gasteiger partial charge on any atom is 0.163 e. The normalized spacial score (nSPS) is 28.4. The minimum absolute atomic E-state index is 0.0825. The van der Waals surface area contributed by atoms with Crippen molar-refractivity contribution in [3.8, 4) is 0 Å². The Labute approximate surface area is 120 Å². The summed E-state index contributed by atoms with van der Waals surface area (Å²) in [6.07, 6.45) is 3.40. The van der Waals surface area contributed by atoms with Crippen LogP contribution in [0.5, 0.6) is 0 Å². The molecule has 0 heterocycles. The summed E-state index contributed by atoms with van der Waals surface area (Å²) in [5.74, 6) is 0.250. The molecule has 1 fully saturated rings. The van der Waals surface area contributed by atoms with E-state index in [2.05, 4.69) is 19.2 Å². The first kappa shape index (κ1) is 15.4. The smallest absolute Gasteiger partial charge is 0.163 e. The van der Waals surface area contributed by atoms with E-state index in [1.54, 1.807) is 12.1 Å². The van der Waals surface area contributed by atoms with Crippen LogP contribution < -0.4 is 5.32 Å². The van der Waals surface area contributed by atoms with Crippen molar-refractivity contribution in [1.82, 2.24) is 5.32 Å². The van der Waals surface area contributed by atoms with Gasteiger partial charge in [-0.25, -0.2) is 8.78 Å². The molecule has 1 nitrogen and oxygen atoms in total. The van der Waals surface area contributed by atoms with Gasteiger partial charge < -0.3 is 5.32 Å². The van der Waals surface area contributed by atoms with Crippen LogP contribution in [0.3, 0.4) is 0 Å². The SMILES string of the molecule is CCNC(c1cccc(F)c1F)C1CC(C)CC(C)C1. The van der Waals surface area contributed by atoms with Crippen molar-refractivity contribution in [3.63, 3.8) is 0 Å². The molecule has 0 radical (unpaired) electrons. The Morgan fingerprint density at radius 2 is 1.80 bits per heavy atom. The maximum absolute atomic E-state index is 14.1. The van der Waals surface area contributed by atoms with Gasteiger partial charge in [0.2, 0.25) is 0 Å². The van der Waals surface area contributed by atoms with Crippen molar-refractivity contribution >= 4 is 0 Å². The molecule has 3 unspecified atom stereocenters. The highest BCUT2D eigenvalue weighted by molar-refractivity contribution is 5.23. The summed E-state index contributed by atoms with van der Waals surface area (Å²) in [5, 5.41) is 3.37. The summed E-state index contributed by atoms with van der Waals surface area (Å²) >= 11 is 0. The molecule has 0 spiro atoms. The van der Waals surface area contributed by atoms with Gasteiger partial charge >= 0.3 is 0 Å². The van der Waals surface area contributed by atoms with E-state index < -0.39 is 11.6 Å². The molecule has 0 amide bonds. The van der Waals surface area contributed by atoms with Crippen molar-refractivity contribution in [2.75, 3.05) is 6.54 Å². The molecule has 2 rings (SSSR count). The van der Waals surface area contributed by atoms with Gasteiger partial charge in [-0.2, -0.15) is 0 Å². The highest BCUT2D eigenvalue weighted by atomic mass is 19.2. The topological polar surface area (TPSA) is 12.0 Å². The van der Waals surface area contributed by atoms with Gasteiger partial charge in [0, 0.05) is 11.6 Å². The summed E-state index contributed by atoms with van der Waals surface area (Å²) < 4.78 is 27.6. The average molecular weight is 281 g/mol. The second-order valence-corrected chi connectivity index (χ2v) is 6.36. The van der Waals surface area contributed by atoms with Crippen molar-refractivity contribution in [2.45, 2.75) is 46.1 Å². The number of nitrogens with one attached hydrogen (secondary N) is 1. The number of halogens is 2. The van der Waals surface area contributed by atoms with Crippen LogP contribution in [0, 0.1) is 29.4 Å². The quantitative estimate of drug-likeness (QED) is 0.844. The zero-order chi connectivity index (χ0) is 14.7. The van der Waals surface area contributed by atoms with Crippen LogP contribution >= 0.6 is 0 Å². The third-order valence-electron chi connectivity index (χ3n) is 4.43. The van der Waals surface area contributed by atoms with Gasteiger partial charge in [-0.1, -0.05) is 32.9 Å². The van der Waals surface area contributed by atoms with E-state index in [-0.39, 0.29) is 6.04 Å². The Kier molecular flexibility index (Phi) is 5.14. The Bertz CT molecular complexity index is 437. The zero-order valence-corrected chi connectivity index (χ0v) is 12.6. The minimum Gasteiger partial charge on any atom is -0.310 e. The van der Waals surface area contributed by atoms with E-state index in [1.165, 1.54) is 12.5 Å². The lowest BCUT2D eigenvalue weighted by atomic mass is 9.72. The lowest BCUT2D eigenvalue weighted by Gasteiger charge is -2.37. The predicted octanol–water partition coefficient (Wildman–Crippen LogP) is 4.69. The van der Waals surface area contributed by atoms with Gasteiger partial charge in [0.05, 0.1) is 0 Å². The van der Waals surface area contributed by atoms with E-state index in [1.807, 2.05) is 6.92 Å². The summed E-state index contributed by atoms with van der Waals surface area (Å²) in [7, 11) is 0. The first-order valence-electron chi connectivity index (χ1n) is 7.70. The van der Waals surface area contributed by atoms with Gasteiger partial charge in [0.1, 0.15) is 0 Å². The molecule has 0 aromatic heterocycles. The van der Waals surface area contributed by atoms with Crippen LogP contribution in [0.15, 0.2) is 18.2 Å². The molecule has 3 heteroatoms. The molecule has 1 aliphatic carbocycles. The van der Waals surface area contributed by atoms with Gasteiger partial charge in [0.15, 0.2) is 11.6 Å². The molecular weight excluding hydrogens is 256 g/mol. The Morgan fingerprint density at radius 1 is 1.15 bits per heavy atom. The second-order valence-electron chi connectivity index (χ2n) is 6.36. The van der Waals surface area contributed by atoms with Crippen molar-refractivity contribution in [3.05, 3.63) is 35.4 Å². The summed E-state index contributed by atoms with van der Waals surface area (Å²) in [5.41, 5.74) is 0.484. The highest BCUT2D eigenvalue weighted by Crippen LogP contribution is 2.40. The lowest BCUT2D eigenvalue weighted by molar-refractivity contribution is 0.175. The molecule has 3 atom stereocenters. The molecule has 0 aliphatic heterocycles. The average Bonchev–Trinajstić information content (AvgIpc) is 2.38. The number of hydrogen-bond donors (Lipinski definition) is 1. The van der Waals surface area contributed by atoms with Crippen molar-refractivity contribution in [2.24, 2.45) is 17.8 Å². The molecule has 1 saturated carbocycles. The molecule has 1 aliphatic rings. The standard InChI is InChI=1S/C17H25F2N/c1-4-20-17(13-9-11(2)8-12(3)10-13)14-6-5-7-15(18)16(14)19/h5-7,11-13,17,20H,4,8-10H2,1-3H3. The third kappa shape index (κ3) is 3.38. The maximum atomic E-state index is 14.1. The Balaban J connectivity index is 2.28. The molecule has 112 valence electrons. The van der Waals surface area contributed by atoms with Crippen molar-refractivity contribution in [1.29, 1.82) is 0 Å². The van der Waals surface area contributed by atoms with Crippen LogP contribution in [0.1, 0.15) is 51.6 Å². The van der Waals surface area contributed by atoms with E-state index >= 15 is 0 Å². The highest BCUT2D eigenvalue weighted by Gasteiger charge is 2.32. The van der Waals surface area contributed by atoms with E-state index in [9.17, 15) is 8.78 Å². The van der Waals surface area contributed by atoms with Gasteiger partial charge in [0.25, 0.3) is 0 Å². The van der Waals surface area contributed by atoms with E-state index in [0.717, 1.165) is 19.4 Å². The molecule has 1 N–H and O–H groups in total. The molecule has 1 aromatic carbocycles. The molecule has 0 bridgehead atoms. The van der Waals surface area contributed by atoms with Crippen LogP contribution in [0.2, 0.25) is 0 Å². The fraction of sp³-hybridized carbons (Fsp3) is 0.647. The first-order valence-corrected chi connectivity index (χ1v) is 7.70. The summed E-state index contributed by atoms with van der Waals surface area (Å²) in [6.45, 7) is 7.29. The van der Waals surface area contributed by atoms with Crippen LogP contribution in [-0.4, -0.2) is 6.54 Å². The van der Waals surface area contributed by atoms with Gasteiger partial charge in [-0.05, 0) is 49.6 Å². The van der Waals surface area contributed by atoms with Crippen LogP contribution in [0.25, 0.3) is 0 Å². The molecule has 20 heavy (non-hydrogen) atoms. The third-order valence-corrected chi connectivity index (χ3v) is 4.43. The number of benzene rings is 1. The van der Waals surface area contributed by atoms with Crippen LogP contribution in [-0.2, 0) is 0 Å². The van der Waals surface area contributed by atoms with Crippen molar-refractivity contribution < 1.29 is 8.78 Å². The van der Waals surface area contributed by atoms with Crippen LogP contribution in [0.4, 0.5) is 8.78 Å². The molecule has 0 saturated heterocycles. The number of hydrogen-bond acceptors (Lipinski definition) is 1. The lowest BCUT2D eigenvalue weighted by Crippen LogP contribution is -2.34. The zero-order valence-electron chi connectivity index (χ0n) is 12.6. The first-order chi connectivity index (χ1) is 9.52. The molecular formula is C17H25F2N.